The second-order valence-electron chi connectivity index (χ2n) is 4.60. The fourth-order valence-corrected chi connectivity index (χ4v) is 1.90. The number of aryl methyl sites for hydroxylation is 1. The van der Waals surface area contributed by atoms with Gasteiger partial charge in [0.25, 0.3) is 0 Å². The van der Waals surface area contributed by atoms with Crippen molar-refractivity contribution in [3.05, 3.63) is 35.4 Å². The number of nitrogens with two attached hydrogens (primary N) is 1. The minimum Gasteiger partial charge on any atom is -0.480 e. The number of aliphatic carboxylic acids is 1. The van der Waals surface area contributed by atoms with E-state index in [-0.39, 0.29) is 0 Å². The molecule has 0 heterocycles. The lowest BCUT2D eigenvalue weighted by Gasteiger charge is -2.26. The van der Waals surface area contributed by atoms with Crippen molar-refractivity contribution in [2.24, 2.45) is 5.73 Å². The molecule has 5 heteroatoms. The van der Waals surface area contributed by atoms with Crippen LogP contribution in [-0.2, 0) is 9.59 Å². The molecule has 0 spiro atoms. The van der Waals surface area contributed by atoms with E-state index in [1.807, 2.05) is 19.1 Å². The molecular formula is C14H20N2O3. The van der Waals surface area contributed by atoms with Gasteiger partial charge in [-0.1, -0.05) is 36.8 Å². The molecule has 19 heavy (non-hydrogen) atoms. The molecule has 2 unspecified atom stereocenters. The monoisotopic (exact) mass is 264 g/mol. The molecule has 0 saturated heterocycles. The summed E-state index contributed by atoms with van der Waals surface area (Å²) in [5.74, 6) is -1.41. The van der Waals surface area contributed by atoms with Gasteiger partial charge in [-0.25, -0.2) is 4.79 Å². The number of nitrogens with zero attached hydrogens (tertiary/aromatic N) is 1. The maximum atomic E-state index is 12.2. The van der Waals surface area contributed by atoms with Crippen LogP contribution in [0.1, 0.15) is 30.5 Å². The zero-order valence-corrected chi connectivity index (χ0v) is 11.5. The van der Waals surface area contributed by atoms with Gasteiger partial charge in [0.2, 0.25) is 5.91 Å². The highest BCUT2D eigenvalue weighted by Crippen LogP contribution is 2.15. The van der Waals surface area contributed by atoms with E-state index < -0.39 is 24.0 Å². The van der Waals surface area contributed by atoms with Crippen LogP contribution in [0.5, 0.6) is 0 Å². The van der Waals surface area contributed by atoms with Crippen molar-refractivity contribution in [1.29, 1.82) is 0 Å². The van der Waals surface area contributed by atoms with Gasteiger partial charge in [0.1, 0.15) is 12.1 Å². The van der Waals surface area contributed by atoms with Gasteiger partial charge in [-0.15, -0.1) is 0 Å². The van der Waals surface area contributed by atoms with Crippen molar-refractivity contribution in [3.8, 4) is 0 Å². The quantitative estimate of drug-likeness (QED) is 0.840. The van der Waals surface area contributed by atoms with Crippen molar-refractivity contribution in [2.75, 3.05) is 7.05 Å². The number of carboxylic acids is 1. The third-order valence-corrected chi connectivity index (χ3v) is 3.19. The molecule has 1 aromatic rings. The Labute approximate surface area is 113 Å². The molecule has 104 valence electrons. The van der Waals surface area contributed by atoms with Gasteiger partial charge in [0.05, 0.1) is 0 Å². The summed E-state index contributed by atoms with van der Waals surface area (Å²) in [7, 11) is 1.47. The minimum absolute atomic E-state index is 0.345. The fraction of sp³-hybridized carbons (Fsp3) is 0.429. The Bertz CT molecular complexity index is 456. The third kappa shape index (κ3) is 3.54. The molecule has 0 aliphatic rings. The molecule has 0 bridgehead atoms. The predicted octanol–water partition coefficient (Wildman–Crippen LogP) is 1.32. The van der Waals surface area contributed by atoms with Crippen LogP contribution in [0.25, 0.3) is 0 Å². The first kappa shape index (κ1) is 15.2. The normalized spacial score (nSPS) is 13.7. The van der Waals surface area contributed by atoms with Crippen LogP contribution in [-0.4, -0.2) is 35.0 Å². The molecule has 2 atom stereocenters. The number of carbonyl (C=O) groups excluding carboxylic acids is 1. The lowest BCUT2D eigenvalue weighted by molar-refractivity contribution is -0.149. The number of likely N-dealkylation sites (N-methyl/N-ethyl adjacent to an activating group) is 1. The van der Waals surface area contributed by atoms with E-state index in [4.69, 9.17) is 10.8 Å². The lowest BCUT2D eigenvalue weighted by Crippen LogP contribution is -2.45. The minimum atomic E-state index is -1.02. The van der Waals surface area contributed by atoms with Crippen LogP contribution < -0.4 is 5.73 Å². The average molecular weight is 264 g/mol. The molecule has 1 rings (SSSR count). The lowest BCUT2D eigenvalue weighted by atomic mass is 10.0. The van der Waals surface area contributed by atoms with Gasteiger partial charge in [0, 0.05) is 7.05 Å². The first-order valence-corrected chi connectivity index (χ1v) is 6.20. The molecule has 0 aromatic heterocycles. The molecule has 0 aliphatic carbocycles. The summed E-state index contributed by atoms with van der Waals surface area (Å²) in [5.41, 5.74) is 7.66. The van der Waals surface area contributed by atoms with Crippen LogP contribution in [0.2, 0.25) is 0 Å². The number of carboxylic acid groups (broad SMARTS) is 1. The second-order valence-corrected chi connectivity index (χ2v) is 4.60. The molecule has 3 N–H and O–H groups in total. The summed E-state index contributed by atoms with van der Waals surface area (Å²) in [4.78, 5) is 24.4. The third-order valence-electron chi connectivity index (χ3n) is 3.19. The van der Waals surface area contributed by atoms with Crippen molar-refractivity contribution < 1.29 is 14.7 Å². The van der Waals surface area contributed by atoms with E-state index in [0.29, 0.717) is 12.0 Å². The summed E-state index contributed by atoms with van der Waals surface area (Å²) in [6, 6.07) is 5.64. The number of rotatable bonds is 5. The van der Waals surface area contributed by atoms with E-state index in [0.717, 1.165) is 5.56 Å². The molecule has 1 aromatic carbocycles. The first-order valence-electron chi connectivity index (χ1n) is 6.20. The highest BCUT2D eigenvalue weighted by molar-refractivity contribution is 5.87. The topological polar surface area (TPSA) is 83.6 Å². The highest BCUT2D eigenvalue weighted by Gasteiger charge is 2.28. The zero-order chi connectivity index (χ0) is 14.6. The van der Waals surface area contributed by atoms with Gasteiger partial charge in [-0.05, 0) is 18.9 Å². The van der Waals surface area contributed by atoms with Crippen LogP contribution in [0.4, 0.5) is 0 Å². The molecule has 0 aliphatic heterocycles. The number of amides is 1. The second kappa shape index (κ2) is 6.33. The Morgan fingerprint density at radius 2 is 1.84 bits per heavy atom. The first-order chi connectivity index (χ1) is 8.88. The van der Waals surface area contributed by atoms with Crippen molar-refractivity contribution >= 4 is 11.9 Å². The molecular weight excluding hydrogens is 244 g/mol. The maximum absolute atomic E-state index is 12.2. The van der Waals surface area contributed by atoms with Crippen molar-refractivity contribution in [1.82, 2.24) is 4.90 Å². The Kier molecular flexibility index (Phi) is 5.06. The SMILES string of the molecule is CCC(C(=O)O)N(C)C(=O)C(N)c1ccc(C)cc1. The number of hydrogen-bond acceptors (Lipinski definition) is 3. The van der Waals surface area contributed by atoms with E-state index in [1.165, 1.54) is 11.9 Å². The standard InChI is InChI=1S/C14H20N2O3/c1-4-11(14(18)19)16(3)13(17)12(15)10-7-5-9(2)6-8-10/h5-8,11-12H,4,15H2,1-3H3,(H,18,19). The van der Waals surface area contributed by atoms with Crippen LogP contribution in [0.3, 0.4) is 0 Å². The summed E-state index contributed by atoms with van der Waals surface area (Å²) in [6.45, 7) is 3.67. The van der Waals surface area contributed by atoms with Gasteiger partial charge < -0.3 is 15.7 Å². The Morgan fingerprint density at radius 1 is 1.32 bits per heavy atom. The Morgan fingerprint density at radius 3 is 2.26 bits per heavy atom. The van der Waals surface area contributed by atoms with Gasteiger partial charge in [-0.3, -0.25) is 4.79 Å². The van der Waals surface area contributed by atoms with Gasteiger partial charge >= 0.3 is 5.97 Å². The molecule has 0 radical (unpaired) electrons. The van der Waals surface area contributed by atoms with E-state index in [1.54, 1.807) is 19.1 Å². The predicted molar refractivity (Wildman–Crippen MR) is 72.6 cm³/mol. The molecule has 5 nitrogen and oxygen atoms in total. The molecule has 0 saturated carbocycles. The van der Waals surface area contributed by atoms with Gasteiger partial charge in [0.15, 0.2) is 0 Å². The summed E-state index contributed by atoms with van der Waals surface area (Å²) < 4.78 is 0. The van der Waals surface area contributed by atoms with E-state index in [2.05, 4.69) is 0 Å². The summed E-state index contributed by atoms with van der Waals surface area (Å²) in [6.07, 6.45) is 0.345. The fourth-order valence-electron chi connectivity index (χ4n) is 1.90. The zero-order valence-electron chi connectivity index (χ0n) is 11.5. The Balaban J connectivity index is 2.87. The number of benzene rings is 1. The van der Waals surface area contributed by atoms with Crippen LogP contribution in [0.15, 0.2) is 24.3 Å². The maximum Gasteiger partial charge on any atom is 0.326 e. The molecule has 0 fully saturated rings. The summed E-state index contributed by atoms with van der Waals surface area (Å²) in [5, 5.41) is 9.05. The Hall–Kier alpha value is -1.88. The van der Waals surface area contributed by atoms with Crippen molar-refractivity contribution in [2.45, 2.75) is 32.4 Å². The van der Waals surface area contributed by atoms with Crippen LogP contribution in [0, 0.1) is 6.92 Å². The number of hydrogen-bond donors (Lipinski definition) is 2. The summed E-state index contributed by atoms with van der Waals surface area (Å²) >= 11 is 0. The average Bonchev–Trinajstić information content (AvgIpc) is 2.38. The van der Waals surface area contributed by atoms with E-state index >= 15 is 0 Å². The van der Waals surface area contributed by atoms with Gasteiger partial charge in [-0.2, -0.15) is 0 Å². The van der Waals surface area contributed by atoms with Crippen molar-refractivity contribution in [3.63, 3.8) is 0 Å². The van der Waals surface area contributed by atoms with Crippen LogP contribution >= 0.6 is 0 Å². The number of carbonyl (C=O) groups is 2. The molecule has 1 amide bonds. The largest absolute Gasteiger partial charge is 0.480 e. The smallest absolute Gasteiger partial charge is 0.326 e. The van der Waals surface area contributed by atoms with E-state index in [9.17, 15) is 9.59 Å². The highest BCUT2D eigenvalue weighted by atomic mass is 16.4.